The molecule has 0 unspecified atom stereocenters. The predicted molar refractivity (Wildman–Crippen MR) is 111 cm³/mol. The average molecular weight is 372 g/mol. The average Bonchev–Trinajstić information content (AvgIpc) is 2.54. The summed E-state index contributed by atoms with van der Waals surface area (Å²) >= 11 is 0. The van der Waals surface area contributed by atoms with Gasteiger partial charge in [0, 0.05) is 13.0 Å². The minimum absolute atomic E-state index is 0. The summed E-state index contributed by atoms with van der Waals surface area (Å²) in [6.45, 7) is 3.26. The van der Waals surface area contributed by atoms with E-state index in [1.165, 1.54) is 50.5 Å². The van der Waals surface area contributed by atoms with Gasteiger partial charge in [-0.3, -0.25) is 4.79 Å². The van der Waals surface area contributed by atoms with Gasteiger partial charge < -0.3 is 10.0 Å². The molecule has 3 nitrogen and oxygen atoms in total. The fraction of sp³-hybridized carbons (Fsp3) is 0.667. The lowest BCUT2D eigenvalue weighted by Crippen LogP contribution is -2.10. The van der Waals surface area contributed by atoms with Crippen molar-refractivity contribution >= 4 is 18.4 Å². The largest absolute Gasteiger partial charge is 0.481 e. The van der Waals surface area contributed by atoms with Gasteiger partial charge >= 0.3 is 5.97 Å². The number of carboxylic acids is 1. The van der Waals surface area contributed by atoms with Gasteiger partial charge in [-0.2, -0.15) is 0 Å². The lowest BCUT2D eigenvalue weighted by Gasteiger charge is -2.08. The molecule has 0 atom stereocenters. The number of halogens is 1. The van der Waals surface area contributed by atoms with Crippen molar-refractivity contribution in [2.24, 2.45) is 0 Å². The van der Waals surface area contributed by atoms with Crippen molar-refractivity contribution < 1.29 is 9.90 Å². The highest BCUT2D eigenvalue weighted by Gasteiger charge is 1.96. The van der Waals surface area contributed by atoms with Crippen LogP contribution in [0.2, 0.25) is 0 Å². The molecule has 1 aromatic carbocycles. The standard InChI is InChI=1S/C12H24O2.C9H13N.ClH/c1-2-3-4-5-6-7-8-9-10-11-12(13)14;1-10(2)8-9-6-4-3-5-7-9;/h2-11H2,1H3,(H,13,14);3-7H,8H2,1-2H3;1H. The first-order valence-electron chi connectivity index (χ1n) is 9.46. The number of benzene rings is 1. The number of aliphatic carboxylic acids is 1. The molecule has 1 N–H and O–H groups in total. The summed E-state index contributed by atoms with van der Waals surface area (Å²) in [6.07, 6.45) is 11.5. The van der Waals surface area contributed by atoms with Gasteiger partial charge in [0.2, 0.25) is 0 Å². The molecule has 4 heteroatoms. The Labute approximate surface area is 161 Å². The fourth-order valence-electron chi connectivity index (χ4n) is 2.54. The van der Waals surface area contributed by atoms with Crippen LogP contribution in [0.15, 0.2) is 30.3 Å². The zero-order valence-corrected chi connectivity index (χ0v) is 17.2. The van der Waals surface area contributed by atoms with Gasteiger partial charge in [0.05, 0.1) is 0 Å². The minimum Gasteiger partial charge on any atom is -0.481 e. The Bertz CT molecular complexity index is 396. The molecule has 0 aromatic heterocycles. The summed E-state index contributed by atoms with van der Waals surface area (Å²) in [4.78, 5) is 12.4. The molecule has 0 saturated heterocycles. The van der Waals surface area contributed by atoms with Crippen LogP contribution in [0, 0.1) is 0 Å². The van der Waals surface area contributed by atoms with E-state index in [0.29, 0.717) is 6.42 Å². The van der Waals surface area contributed by atoms with Crippen LogP contribution in [0.5, 0.6) is 0 Å². The third-order valence-electron chi connectivity index (χ3n) is 3.84. The van der Waals surface area contributed by atoms with Gasteiger partial charge in [0.1, 0.15) is 0 Å². The highest BCUT2D eigenvalue weighted by atomic mass is 35.5. The van der Waals surface area contributed by atoms with E-state index in [4.69, 9.17) is 5.11 Å². The zero-order chi connectivity index (χ0) is 18.0. The molecular formula is C21H38ClNO2. The number of nitrogens with zero attached hydrogens (tertiary/aromatic N) is 1. The van der Waals surface area contributed by atoms with E-state index >= 15 is 0 Å². The highest BCUT2D eigenvalue weighted by Crippen LogP contribution is 2.10. The molecule has 25 heavy (non-hydrogen) atoms. The number of carboxylic acid groups (broad SMARTS) is 1. The van der Waals surface area contributed by atoms with Crippen molar-refractivity contribution in [1.82, 2.24) is 4.90 Å². The van der Waals surface area contributed by atoms with Crippen LogP contribution >= 0.6 is 12.4 Å². The molecule has 0 fully saturated rings. The van der Waals surface area contributed by atoms with E-state index in [1.54, 1.807) is 0 Å². The highest BCUT2D eigenvalue weighted by molar-refractivity contribution is 5.85. The molecule has 0 aliphatic rings. The van der Waals surface area contributed by atoms with Crippen LogP contribution in [-0.4, -0.2) is 30.1 Å². The van der Waals surface area contributed by atoms with E-state index in [9.17, 15) is 4.79 Å². The molecule has 0 bridgehead atoms. The number of carbonyl (C=O) groups is 1. The zero-order valence-electron chi connectivity index (χ0n) is 16.4. The molecule has 0 radical (unpaired) electrons. The monoisotopic (exact) mass is 371 g/mol. The Morgan fingerprint density at radius 3 is 1.80 bits per heavy atom. The molecule has 0 aliphatic heterocycles. The third-order valence-corrected chi connectivity index (χ3v) is 3.84. The second-order valence-electron chi connectivity index (χ2n) is 6.70. The van der Waals surface area contributed by atoms with Crippen molar-refractivity contribution in [3.8, 4) is 0 Å². The second-order valence-corrected chi connectivity index (χ2v) is 6.70. The maximum Gasteiger partial charge on any atom is 0.303 e. The molecule has 0 saturated carbocycles. The first-order valence-corrected chi connectivity index (χ1v) is 9.46. The SMILES string of the molecule is CCCCCCCCCCCC(=O)O.CN(C)Cc1ccccc1.Cl. The molecule has 1 rings (SSSR count). The van der Waals surface area contributed by atoms with Gasteiger partial charge in [-0.15, -0.1) is 12.4 Å². The third kappa shape index (κ3) is 20.9. The first kappa shape index (κ1) is 26.2. The summed E-state index contributed by atoms with van der Waals surface area (Å²) in [5.41, 5.74) is 1.37. The number of rotatable bonds is 12. The van der Waals surface area contributed by atoms with Gasteiger partial charge in [-0.05, 0) is 26.1 Å². The number of hydrogen-bond donors (Lipinski definition) is 1. The van der Waals surface area contributed by atoms with Crippen LogP contribution < -0.4 is 0 Å². The lowest BCUT2D eigenvalue weighted by atomic mass is 10.1. The molecule has 0 amide bonds. The summed E-state index contributed by atoms with van der Waals surface area (Å²) in [6, 6.07) is 10.5. The topological polar surface area (TPSA) is 40.5 Å². The summed E-state index contributed by atoms with van der Waals surface area (Å²) < 4.78 is 0. The van der Waals surface area contributed by atoms with Crippen molar-refractivity contribution in [3.63, 3.8) is 0 Å². The van der Waals surface area contributed by atoms with E-state index in [-0.39, 0.29) is 12.4 Å². The minimum atomic E-state index is -0.659. The quantitative estimate of drug-likeness (QED) is 0.447. The van der Waals surface area contributed by atoms with Gasteiger partial charge in [-0.25, -0.2) is 0 Å². The van der Waals surface area contributed by atoms with Gasteiger partial charge in [0.25, 0.3) is 0 Å². The Hall–Kier alpha value is -1.06. The Kier molecular flexibility index (Phi) is 20.2. The van der Waals surface area contributed by atoms with Crippen LogP contribution in [0.3, 0.4) is 0 Å². The molecule has 0 heterocycles. The van der Waals surface area contributed by atoms with Crippen LogP contribution in [0.4, 0.5) is 0 Å². The predicted octanol–water partition coefficient (Wildman–Crippen LogP) is 6.16. The van der Waals surface area contributed by atoms with Crippen LogP contribution in [-0.2, 0) is 11.3 Å². The van der Waals surface area contributed by atoms with Crippen LogP contribution in [0.25, 0.3) is 0 Å². The fourth-order valence-corrected chi connectivity index (χ4v) is 2.54. The maximum absolute atomic E-state index is 10.2. The van der Waals surface area contributed by atoms with Gasteiger partial charge in [0.15, 0.2) is 0 Å². The Balaban J connectivity index is 0. The summed E-state index contributed by atoms with van der Waals surface area (Å²) in [7, 11) is 4.15. The maximum atomic E-state index is 10.2. The van der Waals surface area contributed by atoms with Crippen molar-refractivity contribution in [2.45, 2.75) is 77.7 Å². The lowest BCUT2D eigenvalue weighted by molar-refractivity contribution is -0.137. The summed E-state index contributed by atoms with van der Waals surface area (Å²) in [5, 5.41) is 8.41. The van der Waals surface area contributed by atoms with E-state index in [1.807, 2.05) is 6.07 Å². The smallest absolute Gasteiger partial charge is 0.303 e. The molecule has 0 aliphatic carbocycles. The molecular weight excluding hydrogens is 334 g/mol. The van der Waals surface area contributed by atoms with Crippen molar-refractivity contribution in [2.75, 3.05) is 14.1 Å². The van der Waals surface area contributed by atoms with E-state index < -0.39 is 5.97 Å². The number of unbranched alkanes of at least 4 members (excludes halogenated alkanes) is 8. The van der Waals surface area contributed by atoms with Crippen molar-refractivity contribution in [1.29, 1.82) is 0 Å². The Morgan fingerprint density at radius 1 is 0.880 bits per heavy atom. The first-order chi connectivity index (χ1) is 11.6. The Morgan fingerprint density at radius 2 is 1.36 bits per heavy atom. The van der Waals surface area contributed by atoms with Crippen LogP contribution in [0.1, 0.15) is 76.7 Å². The molecule has 1 aromatic rings. The van der Waals surface area contributed by atoms with Gasteiger partial charge in [-0.1, -0.05) is 88.6 Å². The van der Waals surface area contributed by atoms with E-state index in [2.05, 4.69) is 50.2 Å². The molecule has 0 spiro atoms. The molecule has 146 valence electrons. The summed E-state index contributed by atoms with van der Waals surface area (Å²) in [5.74, 6) is -0.659. The van der Waals surface area contributed by atoms with Crippen molar-refractivity contribution in [3.05, 3.63) is 35.9 Å². The normalized spacial score (nSPS) is 9.92. The second kappa shape index (κ2) is 19.3. The van der Waals surface area contributed by atoms with E-state index in [0.717, 1.165) is 19.4 Å². The number of hydrogen-bond acceptors (Lipinski definition) is 2.